The number of halogens is 7. The van der Waals surface area contributed by atoms with Crippen molar-refractivity contribution in [2.45, 2.75) is 12.4 Å². The van der Waals surface area contributed by atoms with Crippen LogP contribution in [0.2, 0.25) is 5.02 Å². The van der Waals surface area contributed by atoms with Gasteiger partial charge in [0.1, 0.15) is 11.3 Å². The first-order chi connectivity index (χ1) is 16.0. The number of rotatable bonds is 2. The Kier molecular flexibility index (Phi) is 5.05. The number of nitrogens with zero attached hydrogens (tertiary/aromatic N) is 2. The summed E-state index contributed by atoms with van der Waals surface area (Å²) in [5, 5.41) is 1.73. The van der Waals surface area contributed by atoms with E-state index in [0.29, 0.717) is 38.7 Å². The van der Waals surface area contributed by atoms with Crippen LogP contribution in [0, 0.1) is 0 Å². The molecule has 5 rings (SSSR count). The van der Waals surface area contributed by atoms with Crippen LogP contribution >= 0.6 is 11.6 Å². The molecule has 0 atom stereocenters. The minimum absolute atomic E-state index is 0.00897. The standard InChI is InChI=1S/C24H12ClF6N3/c25-18-6-3-9-32-20(18)15-7-8-16(14-5-2-1-4-13(14)15)22-33-19-11-12(23(26,27)28)10-17(21(19)34-22)24(29,30)31/h1-11H,(H,33,34). The zero-order chi connectivity index (χ0) is 24.3. The van der Waals surface area contributed by atoms with Gasteiger partial charge < -0.3 is 4.98 Å². The molecule has 0 radical (unpaired) electrons. The number of benzene rings is 3. The second-order valence-electron chi connectivity index (χ2n) is 7.54. The van der Waals surface area contributed by atoms with Gasteiger partial charge in [-0.15, -0.1) is 0 Å². The fraction of sp³-hybridized carbons (Fsp3) is 0.0833. The van der Waals surface area contributed by atoms with Crippen LogP contribution in [0.1, 0.15) is 11.1 Å². The lowest BCUT2D eigenvalue weighted by Gasteiger charge is -2.11. The van der Waals surface area contributed by atoms with Crippen molar-refractivity contribution in [3.63, 3.8) is 0 Å². The predicted molar refractivity (Wildman–Crippen MR) is 117 cm³/mol. The van der Waals surface area contributed by atoms with Gasteiger partial charge in [0.2, 0.25) is 0 Å². The van der Waals surface area contributed by atoms with Crippen LogP contribution in [0.4, 0.5) is 26.3 Å². The third-order valence-corrected chi connectivity index (χ3v) is 5.72. The molecule has 0 amide bonds. The summed E-state index contributed by atoms with van der Waals surface area (Å²) in [4.78, 5) is 11.0. The number of aromatic amines is 1. The molecular weight excluding hydrogens is 480 g/mol. The van der Waals surface area contributed by atoms with Crippen LogP contribution in [0.15, 0.2) is 66.9 Å². The molecule has 3 aromatic carbocycles. The molecule has 0 saturated carbocycles. The Labute approximate surface area is 193 Å². The molecule has 2 heterocycles. The molecule has 0 saturated heterocycles. The van der Waals surface area contributed by atoms with Crippen LogP contribution in [0.25, 0.3) is 44.5 Å². The zero-order valence-corrected chi connectivity index (χ0v) is 17.6. The van der Waals surface area contributed by atoms with Gasteiger partial charge in [-0.25, -0.2) is 4.98 Å². The smallest absolute Gasteiger partial charge is 0.338 e. The molecule has 1 N–H and O–H groups in total. The maximum absolute atomic E-state index is 13.6. The number of H-pyrrole nitrogens is 1. The van der Waals surface area contributed by atoms with Crippen LogP contribution in [0.3, 0.4) is 0 Å². The van der Waals surface area contributed by atoms with Gasteiger partial charge in [-0.3, -0.25) is 4.98 Å². The summed E-state index contributed by atoms with van der Waals surface area (Å²) >= 11 is 6.30. The molecule has 5 aromatic rings. The normalized spacial score (nSPS) is 12.6. The fourth-order valence-corrected chi connectivity index (χ4v) is 4.14. The molecule has 0 aliphatic carbocycles. The van der Waals surface area contributed by atoms with E-state index in [0.717, 1.165) is 0 Å². The molecule has 0 fully saturated rings. The third kappa shape index (κ3) is 3.75. The van der Waals surface area contributed by atoms with E-state index in [-0.39, 0.29) is 17.4 Å². The van der Waals surface area contributed by atoms with Crippen molar-refractivity contribution in [3.8, 4) is 22.6 Å². The van der Waals surface area contributed by atoms with Crippen LogP contribution in [0.5, 0.6) is 0 Å². The van der Waals surface area contributed by atoms with Gasteiger partial charge in [0.15, 0.2) is 0 Å². The number of nitrogens with one attached hydrogen (secondary N) is 1. The van der Waals surface area contributed by atoms with Crippen molar-refractivity contribution < 1.29 is 26.3 Å². The molecule has 2 aromatic heterocycles. The molecule has 0 aliphatic heterocycles. The topological polar surface area (TPSA) is 41.6 Å². The second-order valence-corrected chi connectivity index (χ2v) is 7.95. The lowest BCUT2D eigenvalue weighted by Crippen LogP contribution is -2.11. The lowest BCUT2D eigenvalue weighted by atomic mass is 9.97. The summed E-state index contributed by atoms with van der Waals surface area (Å²) in [5.41, 5.74) is -2.19. The first-order valence-electron chi connectivity index (χ1n) is 9.85. The molecule has 0 aliphatic rings. The van der Waals surface area contributed by atoms with Crippen LogP contribution in [-0.4, -0.2) is 15.0 Å². The van der Waals surface area contributed by atoms with E-state index in [9.17, 15) is 26.3 Å². The molecule has 34 heavy (non-hydrogen) atoms. The number of aromatic nitrogens is 3. The van der Waals surface area contributed by atoms with Gasteiger partial charge in [-0.2, -0.15) is 26.3 Å². The zero-order valence-electron chi connectivity index (χ0n) is 16.9. The molecule has 0 bridgehead atoms. The molecule has 172 valence electrons. The Morgan fingerprint density at radius 1 is 0.765 bits per heavy atom. The fourth-order valence-electron chi connectivity index (χ4n) is 3.92. The molecule has 0 spiro atoms. The maximum atomic E-state index is 13.6. The minimum atomic E-state index is -5.02. The summed E-state index contributed by atoms with van der Waals surface area (Å²) in [5.74, 6) is 0.00897. The summed E-state index contributed by atoms with van der Waals surface area (Å²) in [6, 6.07) is 14.5. The Morgan fingerprint density at radius 3 is 2.09 bits per heavy atom. The maximum Gasteiger partial charge on any atom is 0.418 e. The largest absolute Gasteiger partial charge is 0.418 e. The van der Waals surface area contributed by atoms with Gasteiger partial charge in [0.25, 0.3) is 0 Å². The second kappa shape index (κ2) is 7.73. The van der Waals surface area contributed by atoms with Crippen molar-refractivity contribution in [1.82, 2.24) is 15.0 Å². The summed E-state index contributed by atoms with van der Waals surface area (Å²) in [6.07, 6.45) is -8.39. The van der Waals surface area contributed by atoms with Gasteiger partial charge in [-0.05, 0) is 41.1 Å². The summed E-state index contributed by atoms with van der Waals surface area (Å²) < 4.78 is 80.5. The predicted octanol–water partition coefficient (Wildman–Crippen LogP) is 8.14. The van der Waals surface area contributed by atoms with E-state index in [4.69, 9.17) is 11.6 Å². The van der Waals surface area contributed by atoms with E-state index in [1.165, 1.54) is 0 Å². The van der Waals surface area contributed by atoms with E-state index in [1.54, 1.807) is 54.7 Å². The number of hydrogen-bond donors (Lipinski definition) is 1. The third-order valence-electron chi connectivity index (χ3n) is 5.41. The monoisotopic (exact) mass is 491 g/mol. The number of hydrogen-bond acceptors (Lipinski definition) is 2. The molecule has 10 heteroatoms. The molecular formula is C24H12ClF6N3. The van der Waals surface area contributed by atoms with E-state index in [2.05, 4.69) is 15.0 Å². The molecule has 0 unspecified atom stereocenters. The summed E-state index contributed by atoms with van der Waals surface area (Å²) in [7, 11) is 0. The minimum Gasteiger partial charge on any atom is -0.338 e. The Hall–Kier alpha value is -3.59. The van der Waals surface area contributed by atoms with Gasteiger partial charge in [0, 0.05) is 17.3 Å². The lowest BCUT2D eigenvalue weighted by molar-refractivity contribution is -0.142. The number of pyridine rings is 1. The van der Waals surface area contributed by atoms with Crippen LogP contribution in [-0.2, 0) is 12.4 Å². The van der Waals surface area contributed by atoms with Gasteiger partial charge in [-0.1, -0.05) is 41.9 Å². The Balaban J connectivity index is 1.77. The Bertz CT molecular complexity index is 1550. The first-order valence-corrected chi connectivity index (χ1v) is 10.2. The van der Waals surface area contributed by atoms with E-state index >= 15 is 0 Å². The highest BCUT2D eigenvalue weighted by Gasteiger charge is 2.39. The first kappa shape index (κ1) is 22.2. The Morgan fingerprint density at radius 2 is 1.44 bits per heavy atom. The molecule has 3 nitrogen and oxygen atoms in total. The van der Waals surface area contributed by atoms with Crippen LogP contribution < -0.4 is 0 Å². The highest BCUT2D eigenvalue weighted by Crippen LogP contribution is 2.41. The quantitative estimate of drug-likeness (QED) is 0.253. The van der Waals surface area contributed by atoms with Gasteiger partial charge >= 0.3 is 12.4 Å². The average molecular weight is 492 g/mol. The van der Waals surface area contributed by atoms with Crippen molar-refractivity contribution >= 4 is 33.4 Å². The van der Waals surface area contributed by atoms with Crippen molar-refractivity contribution in [2.24, 2.45) is 0 Å². The number of alkyl halides is 6. The number of imidazole rings is 1. The highest BCUT2D eigenvalue weighted by atomic mass is 35.5. The van der Waals surface area contributed by atoms with Crippen molar-refractivity contribution in [3.05, 3.63) is 83.0 Å². The van der Waals surface area contributed by atoms with E-state index < -0.39 is 29.0 Å². The van der Waals surface area contributed by atoms with E-state index in [1.807, 2.05) is 0 Å². The average Bonchev–Trinajstić information content (AvgIpc) is 3.21. The van der Waals surface area contributed by atoms with Gasteiger partial charge in [0.05, 0.1) is 27.4 Å². The highest BCUT2D eigenvalue weighted by molar-refractivity contribution is 6.33. The summed E-state index contributed by atoms with van der Waals surface area (Å²) in [6.45, 7) is 0. The SMILES string of the molecule is FC(F)(F)c1cc(C(F)(F)F)c2nc(-c3ccc(-c4ncccc4Cl)c4ccccc34)[nH]c2c1. The van der Waals surface area contributed by atoms with Crippen molar-refractivity contribution in [2.75, 3.05) is 0 Å². The van der Waals surface area contributed by atoms with Crippen molar-refractivity contribution in [1.29, 1.82) is 0 Å². The number of fused-ring (bicyclic) bond motifs is 2.